The van der Waals surface area contributed by atoms with Gasteiger partial charge in [0.2, 0.25) is 0 Å². The van der Waals surface area contributed by atoms with Gasteiger partial charge in [-0.25, -0.2) is 0 Å². The molecule has 1 aromatic carbocycles. The minimum absolute atomic E-state index is 0.789. The first-order chi connectivity index (χ1) is 8.24. The summed E-state index contributed by atoms with van der Waals surface area (Å²) in [5.74, 6) is 0.909. The zero-order valence-corrected chi connectivity index (χ0v) is 10.4. The zero-order valence-electron chi connectivity index (χ0n) is 10.4. The second kappa shape index (κ2) is 5.01. The van der Waals surface area contributed by atoms with E-state index in [2.05, 4.69) is 22.5 Å². The molecule has 0 amide bonds. The Labute approximate surface area is 101 Å². The summed E-state index contributed by atoms with van der Waals surface area (Å²) in [5, 5.41) is 7.32. The molecule has 0 saturated heterocycles. The molecule has 0 unspecified atom stereocenters. The van der Waals surface area contributed by atoms with Gasteiger partial charge in [0.25, 0.3) is 0 Å². The topological polar surface area (TPSA) is 39.1 Å². The summed E-state index contributed by atoms with van der Waals surface area (Å²) < 4.78 is 7.14. The molecule has 0 saturated carbocycles. The van der Waals surface area contributed by atoms with E-state index in [4.69, 9.17) is 4.74 Å². The SMILES string of the molecule is CNCc1cc(-c2cnn(C)c2)ccc1OC. The third-order valence-electron chi connectivity index (χ3n) is 2.69. The van der Waals surface area contributed by atoms with E-state index in [0.717, 1.165) is 29.0 Å². The van der Waals surface area contributed by atoms with Gasteiger partial charge in [-0.2, -0.15) is 5.10 Å². The van der Waals surface area contributed by atoms with Crippen molar-refractivity contribution >= 4 is 0 Å². The first-order valence-electron chi connectivity index (χ1n) is 5.55. The van der Waals surface area contributed by atoms with Crippen molar-refractivity contribution in [2.24, 2.45) is 7.05 Å². The number of hydrogen-bond donors (Lipinski definition) is 1. The lowest BCUT2D eigenvalue weighted by Crippen LogP contribution is -2.06. The molecule has 0 aliphatic carbocycles. The van der Waals surface area contributed by atoms with Gasteiger partial charge in [-0.1, -0.05) is 6.07 Å². The predicted octanol–water partition coefficient (Wildman–Crippen LogP) is 1.82. The molecular formula is C13H17N3O. The Morgan fingerprint density at radius 3 is 2.76 bits per heavy atom. The second-order valence-electron chi connectivity index (χ2n) is 3.96. The van der Waals surface area contributed by atoms with Gasteiger partial charge in [-0.15, -0.1) is 0 Å². The van der Waals surface area contributed by atoms with E-state index in [1.165, 1.54) is 0 Å². The van der Waals surface area contributed by atoms with Crippen molar-refractivity contribution in [3.63, 3.8) is 0 Å². The van der Waals surface area contributed by atoms with Crippen molar-refractivity contribution in [3.8, 4) is 16.9 Å². The van der Waals surface area contributed by atoms with E-state index in [-0.39, 0.29) is 0 Å². The molecule has 2 aromatic rings. The molecule has 0 fully saturated rings. The highest BCUT2D eigenvalue weighted by Gasteiger charge is 2.06. The first-order valence-corrected chi connectivity index (χ1v) is 5.55. The minimum Gasteiger partial charge on any atom is -0.496 e. The molecule has 0 aliphatic rings. The molecule has 0 aliphatic heterocycles. The number of rotatable bonds is 4. The Bertz CT molecular complexity index is 505. The highest BCUT2D eigenvalue weighted by Crippen LogP contribution is 2.26. The van der Waals surface area contributed by atoms with Crippen LogP contribution < -0.4 is 10.1 Å². The Kier molecular flexibility index (Phi) is 3.44. The van der Waals surface area contributed by atoms with Crippen molar-refractivity contribution in [3.05, 3.63) is 36.2 Å². The highest BCUT2D eigenvalue weighted by atomic mass is 16.5. The molecule has 0 atom stereocenters. The first kappa shape index (κ1) is 11.7. The summed E-state index contributed by atoms with van der Waals surface area (Å²) in [5.41, 5.74) is 3.42. The Morgan fingerprint density at radius 1 is 1.35 bits per heavy atom. The van der Waals surface area contributed by atoms with Crippen molar-refractivity contribution in [1.82, 2.24) is 15.1 Å². The molecule has 0 radical (unpaired) electrons. The molecule has 1 heterocycles. The van der Waals surface area contributed by atoms with Gasteiger partial charge in [-0.3, -0.25) is 4.68 Å². The molecule has 90 valence electrons. The molecule has 0 spiro atoms. The Balaban J connectivity index is 2.39. The molecule has 2 rings (SSSR count). The third kappa shape index (κ3) is 2.47. The van der Waals surface area contributed by atoms with Crippen LogP contribution in [0.3, 0.4) is 0 Å². The number of nitrogens with zero attached hydrogens (tertiary/aromatic N) is 2. The average Bonchev–Trinajstić information content (AvgIpc) is 2.76. The number of ether oxygens (including phenoxy) is 1. The fourth-order valence-electron chi connectivity index (χ4n) is 1.86. The van der Waals surface area contributed by atoms with Crippen LogP contribution in [0, 0.1) is 0 Å². The summed E-state index contributed by atoms with van der Waals surface area (Å²) in [7, 11) is 5.54. The van der Waals surface area contributed by atoms with Crippen LogP contribution in [0.2, 0.25) is 0 Å². The van der Waals surface area contributed by atoms with E-state index in [0.29, 0.717) is 0 Å². The molecular weight excluding hydrogens is 214 g/mol. The molecule has 1 N–H and O–H groups in total. The van der Waals surface area contributed by atoms with Crippen molar-refractivity contribution in [2.75, 3.05) is 14.2 Å². The standard InChI is InChI=1S/C13H17N3O/c1-14-7-11-6-10(4-5-13(11)17-3)12-8-15-16(2)9-12/h4-6,8-9,14H,7H2,1-3H3. The zero-order chi connectivity index (χ0) is 12.3. The lowest BCUT2D eigenvalue weighted by Gasteiger charge is -2.09. The maximum absolute atomic E-state index is 5.33. The van der Waals surface area contributed by atoms with Crippen LogP contribution in [-0.2, 0) is 13.6 Å². The Morgan fingerprint density at radius 2 is 2.18 bits per heavy atom. The van der Waals surface area contributed by atoms with E-state index >= 15 is 0 Å². The fraction of sp³-hybridized carbons (Fsp3) is 0.308. The van der Waals surface area contributed by atoms with Gasteiger partial charge >= 0.3 is 0 Å². The summed E-state index contributed by atoms with van der Waals surface area (Å²) in [6, 6.07) is 6.18. The number of aryl methyl sites for hydroxylation is 1. The molecule has 4 nitrogen and oxygen atoms in total. The van der Waals surface area contributed by atoms with E-state index < -0.39 is 0 Å². The Hall–Kier alpha value is -1.81. The molecule has 0 bridgehead atoms. The average molecular weight is 231 g/mol. The fourth-order valence-corrected chi connectivity index (χ4v) is 1.86. The summed E-state index contributed by atoms with van der Waals surface area (Å²) in [6.07, 6.45) is 3.87. The third-order valence-corrected chi connectivity index (χ3v) is 2.69. The number of hydrogen-bond acceptors (Lipinski definition) is 3. The summed E-state index contributed by atoms with van der Waals surface area (Å²) in [6.45, 7) is 0.789. The van der Waals surface area contributed by atoms with E-state index in [9.17, 15) is 0 Å². The number of benzene rings is 1. The molecule has 17 heavy (non-hydrogen) atoms. The van der Waals surface area contributed by atoms with Gasteiger partial charge < -0.3 is 10.1 Å². The van der Waals surface area contributed by atoms with Gasteiger partial charge in [-0.05, 0) is 24.7 Å². The van der Waals surface area contributed by atoms with Crippen molar-refractivity contribution < 1.29 is 4.74 Å². The van der Waals surface area contributed by atoms with Crippen LogP contribution in [0.5, 0.6) is 5.75 Å². The smallest absolute Gasteiger partial charge is 0.123 e. The lowest BCUT2D eigenvalue weighted by molar-refractivity contribution is 0.408. The lowest BCUT2D eigenvalue weighted by atomic mass is 10.1. The van der Waals surface area contributed by atoms with E-state index in [1.807, 2.05) is 32.6 Å². The van der Waals surface area contributed by atoms with Gasteiger partial charge in [0, 0.05) is 30.9 Å². The largest absolute Gasteiger partial charge is 0.496 e. The van der Waals surface area contributed by atoms with Crippen LogP contribution in [0.25, 0.3) is 11.1 Å². The van der Waals surface area contributed by atoms with Crippen LogP contribution in [0.1, 0.15) is 5.56 Å². The normalized spacial score (nSPS) is 10.5. The molecule has 4 heteroatoms. The summed E-state index contributed by atoms with van der Waals surface area (Å²) >= 11 is 0. The predicted molar refractivity (Wildman–Crippen MR) is 68.0 cm³/mol. The van der Waals surface area contributed by atoms with Crippen molar-refractivity contribution in [2.45, 2.75) is 6.54 Å². The van der Waals surface area contributed by atoms with Crippen LogP contribution in [0.15, 0.2) is 30.6 Å². The maximum atomic E-state index is 5.33. The number of nitrogens with one attached hydrogen (secondary N) is 1. The van der Waals surface area contributed by atoms with E-state index in [1.54, 1.807) is 11.8 Å². The van der Waals surface area contributed by atoms with Crippen LogP contribution in [0.4, 0.5) is 0 Å². The quantitative estimate of drug-likeness (QED) is 0.872. The van der Waals surface area contributed by atoms with Gasteiger partial charge in [0.05, 0.1) is 13.3 Å². The summed E-state index contributed by atoms with van der Waals surface area (Å²) in [4.78, 5) is 0. The minimum atomic E-state index is 0.789. The molecule has 1 aromatic heterocycles. The number of aromatic nitrogens is 2. The number of methoxy groups -OCH3 is 1. The highest BCUT2D eigenvalue weighted by molar-refractivity contribution is 5.64. The monoisotopic (exact) mass is 231 g/mol. The van der Waals surface area contributed by atoms with Crippen LogP contribution >= 0.6 is 0 Å². The van der Waals surface area contributed by atoms with Gasteiger partial charge in [0.1, 0.15) is 5.75 Å². The van der Waals surface area contributed by atoms with Crippen molar-refractivity contribution in [1.29, 1.82) is 0 Å². The van der Waals surface area contributed by atoms with Gasteiger partial charge in [0.15, 0.2) is 0 Å². The van der Waals surface area contributed by atoms with Crippen LogP contribution in [-0.4, -0.2) is 23.9 Å². The maximum Gasteiger partial charge on any atom is 0.123 e. The second-order valence-corrected chi connectivity index (χ2v) is 3.96.